The van der Waals surface area contributed by atoms with Crippen molar-refractivity contribution in [1.29, 1.82) is 0 Å². The molecular formula is C6H12NO-. The molecule has 0 aromatic carbocycles. The van der Waals surface area contributed by atoms with E-state index >= 15 is 0 Å². The van der Waals surface area contributed by atoms with E-state index in [1.54, 1.807) is 0 Å². The molecule has 0 unspecified atom stereocenters. The van der Waals surface area contributed by atoms with Crippen LogP contribution in [-0.2, 0) is 0 Å². The fraction of sp³-hybridized carbons (Fsp3) is 1.00. The second-order valence-corrected chi connectivity index (χ2v) is 2.61. The molecule has 0 aromatic rings. The van der Waals surface area contributed by atoms with Crippen LogP contribution in [0.1, 0.15) is 19.8 Å². The van der Waals surface area contributed by atoms with Gasteiger partial charge in [-0.15, -0.1) is 0 Å². The first-order valence-corrected chi connectivity index (χ1v) is 3.21. The van der Waals surface area contributed by atoms with E-state index in [1.165, 1.54) is 0 Å². The normalized spacial score (nSPS) is 26.2. The van der Waals surface area contributed by atoms with Crippen molar-refractivity contribution in [2.45, 2.75) is 19.8 Å². The van der Waals surface area contributed by atoms with E-state index in [0.29, 0.717) is 0 Å². The molecular weight excluding hydrogens is 102 g/mol. The molecule has 0 radical (unpaired) electrons. The average Bonchev–Trinajstić information content (AvgIpc) is 1.77. The van der Waals surface area contributed by atoms with Gasteiger partial charge in [-0.3, -0.25) is 0 Å². The van der Waals surface area contributed by atoms with Crippen LogP contribution in [-0.4, -0.2) is 18.2 Å². The third-order valence-corrected chi connectivity index (χ3v) is 1.74. The molecule has 2 heteroatoms. The van der Waals surface area contributed by atoms with E-state index in [0.717, 1.165) is 36.9 Å². The molecule has 0 aromatic heterocycles. The van der Waals surface area contributed by atoms with Crippen LogP contribution in [0, 0.1) is 11.1 Å². The maximum atomic E-state index is 10.5. The Bertz CT molecular complexity index is 56.9. The summed E-state index contributed by atoms with van der Waals surface area (Å²) in [6, 6.07) is 0. The lowest BCUT2D eigenvalue weighted by Crippen LogP contribution is -2.27. The molecule has 2 nitrogen and oxygen atoms in total. The van der Waals surface area contributed by atoms with Crippen molar-refractivity contribution in [2.24, 2.45) is 5.92 Å². The molecule has 1 heterocycles. The van der Waals surface area contributed by atoms with Gasteiger partial charge >= 0.3 is 0 Å². The van der Waals surface area contributed by atoms with Crippen molar-refractivity contribution in [3.8, 4) is 0 Å². The number of rotatable bonds is 0. The molecule has 1 aliphatic rings. The van der Waals surface area contributed by atoms with E-state index in [-0.39, 0.29) is 0 Å². The number of nitrogens with zero attached hydrogens (tertiary/aromatic N) is 1. The minimum atomic E-state index is 0.751. The van der Waals surface area contributed by atoms with Crippen LogP contribution in [0.2, 0.25) is 0 Å². The van der Waals surface area contributed by atoms with E-state index in [2.05, 4.69) is 6.92 Å². The third-order valence-electron chi connectivity index (χ3n) is 1.74. The zero-order chi connectivity index (χ0) is 5.98. The van der Waals surface area contributed by atoms with Crippen molar-refractivity contribution >= 4 is 0 Å². The van der Waals surface area contributed by atoms with Crippen LogP contribution in [0.4, 0.5) is 0 Å². The van der Waals surface area contributed by atoms with Crippen LogP contribution >= 0.6 is 0 Å². The first kappa shape index (κ1) is 6.05. The van der Waals surface area contributed by atoms with Crippen LogP contribution < -0.4 is 0 Å². The van der Waals surface area contributed by atoms with Gasteiger partial charge < -0.3 is 10.3 Å². The molecule has 1 aliphatic heterocycles. The molecule has 1 fully saturated rings. The van der Waals surface area contributed by atoms with E-state index < -0.39 is 0 Å². The molecule has 0 N–H and O–H groups in total. The zero-order valence-corrected chi connectivity index (χ0v) is 5.26. The molecule has 0 aliphatic carbocycles. The Balaban J connectivity index is 2.19. The standard InChI is InChI=1S/C6H12NO/c1-6-2-4-7(8)5-3-6/h6H,2-5H2,1H3/q-1. The fourth-order valence-electron chi connectivity index (χ4n) is 0.985. The minimum absolute atomic E-state index is 0.751. The minimum Gasteiger partial charge on any atom is -0.785 e. The summed E-state index contributed by atoms with van der Waals surface area (Å²) in [5.74, 6) is 0.778. The van der Waals surface area contributed by atoms with Gasteiger partial charge in [-0.1, -0.05) is 6.92 Å². The molecule has 1 rings (SSSR count). The number of hydroxylamine groups is 2. The lowest BCUT2D eigenvalue weighted by Gasteiger charge is -2.34. The summed E-state index contributed by atoms with van der Waals surface area (Å²) in [7, 11) is 0. The van der Waals surface area contributed by atoms with Crippen molar-refractivity contribution < 1.29 is 0 Å². The molecule has 8 heavy (non-hydrogen) atoms. The summed E-state index contributed by atoms with van der Waals surface area (Å²) in [5, 5.41) is 11.7. The highest BCUT2D eigenvalue weighted by atomic mass is 16.5. The van der Waals surface area contributed by atoms with E-state index in [4.69, 9.17) is 0 Å². The van der Waals surface area contributed by atoms with Crippen LogP contribution in [0.25, 0.3) is 0 Å². The van der Waals surface area contributed by atoms with Crippen LogP contribution in [0.5, 0.6) is 0 Å². The monoisotopic (exact) mass is 114 g/mol. The summed E-state index contributed by atoms with van der Waals surface area (Å²) in [5.41, 5.74) is 0. The van der Waals surface area contributed by atoms with Crippen molar-refractivity contribution in [2.75, 3.05) is 13.1 Å². The first-order chi connectivity index (χ1) is 3.79. The highest BCUT2D eigenvalue weighted by molar-refractivity contribution is 4.68. The Morgan fingerprint density at radius 3 is 2.25 bits per heavy atom. The maximum absolute atomic E-state index is 10.5. The van der Waals surface area contributed by atoms with Gasteiger partial charge in [0.1, 0.15) is 0 Å². The van der Waals surface area contributed by atoms with E-state index in [1.807, 2.05) is 0 Å². The number of hydrogen-bond acceptors (Lipinski definition) is 2. The number of piperidine rings is 1. The topological polar surface area (TPSA) is 26.3 Å². The lowest BCUT2D eigenvalue weighted by molar-refractivity contribution is 0.256. The van der Waals surface area contributed by atoms with Gasteiger partial charge in [-0.05, 0) is 31.8 Å². The molecule has 48 valence electrons. The average molecular weight is 114 g/mol. The Hall–Kier alpha value is -0.0800. The Labute approximate surface area is 50.1 Å². The molecule has 0 saturated carbocycles. The Morgan fingerprint density at radius 1 is 1.38 bits per heavy atom. The van der Waals surface area contributed by atoms with Crippen LogP contribution in [0.3, 0.4) is 0 Å². The summed E-state index contributed by atoms with van der Waals surface area (Å²) in [4.78, 5) is 0. The molecule has 0 atom stereocenters. The molecule has 0 amide bonds. The summed E-state index contributed by atoms with van der Waals surface area (Å²) in [6.07, 6.45) is 2.17. The zero-order valence-electron chi connectivity index (χ0n) is 5.26. The van der Waals surface area contributed by atoms with Crippen LogP contribution in [0.15, 0.2) is 0 Å². The van der Waals surface area contributed by atoms with Gasteiger partial charge in [0.05, 0.1) is 0 Å². The van der Waals surface area contributed by atoms with Crippen molar-refractivity contribution in [3.63, 3.8) is 0 Å². The smallest absolute Gasteiger partial charge is 0.0142 e. The van der Waals surface area contributed by atoms with Gasteiger partial charge in [-0.2, -0.15) is 0 Å². The van der Waals surface area contributed by atoms with Gasteiger partial charge in [0.25, 0.3) is 0 Å². The van der Waals surface area contributed by atoms with Gasteiger partial charge in [0, 0.05) is 0 Å². The van der Waals surface area contributed by atoms with E-state index in [9.17, 15) is 5.21 Å². The molecule has 1 saturated heterocycles. The Morgan fingerprint density at radius 2 is 1.88 bits per heavy atom. The second-order valence-electron chi connectivity index (χ2n) is 2.61. The Kier molecular flexibility index (Phi) is 1.86. The summed E-state index contributed by atoms with van der Waals surface area (Å²) < 4.78 is 0. The summed E-state index contributed by atoms with van der Waals surface area (Å²) in [6.45, 7) is 3.70. The maximum Gasteiger partial charge on any atom is -0.0142 e. The van der Waals surface area contributed by atoms with Crippen molar-refractivity contribution in [3.05, 3.63) is 5.21 Å². The van der Waals surface area contributed by atoms with Gasteiger partial charge in [-0.25, -0.2) is 0 Å². The number of hydrogen-bond donors (Lipinski definition) is 0. The second kappa shape index (κ2) is 2.46. The SMILES string of the molecule is CC1CCN([O-])CC1. The highest BCUT2D eigenvalue weighted by Gasteiger charge is 2.07. The van der Waals surface area contributed by atoms with Crippen molar-refractivity contribution in [1.82, 2.24) is 5.06 Å². The molecule has 0 bridgehead atoms. The third kappa shape index (κ3) is 1.46. The van der Waals surface area contributed by atoms with Gasteiger partial charge in [0.2, 0.25) is 0 Å². The fourth-order valence-corrected chi connectivity index (χ4v) is 0.985. The molecule has 0 spiro atoms. The predicted molar refractivity (Wildman–Crippen MR) is 33.3 cm³/mol. The predicted octanol–water partition coefficient (Wildman–Crippen LogP) is 1.22. The quantitative estimate of drug-likeness (QED) is 0.473. The van der Waals surface area contributed by atoms with Gasteiger partial charge in [0.15, 0.2) is 0 Å². The highest BCUT2D eigenvalue weighted by Crippen LogP contribution is 2.13. The largest absolute Gasteiger partial charge is 0.785 e. The first-order valence-electron chi connectivity index (χ1n) is 3.21. The lowest BCUT2D eigenvalue weighted by atomic mass is 10.0. The summed E-state index contributed by atoms with van der Waals surface area (Å²) >= 11 is 0.